The fraction of sp³-hybridized carbons (Fsp3) is 0.500. The Hall–Kier alpha value is -1.86. The molecular weight excluding hydrogens is 252 g/mol. The van der Waals surface area contributed by atoms with Crippen molar-refractivity contribution in [3.63, 3.8) is 0 Å². The molecule has 0 bridgehead atoms. The van der Waals surface area contributed by atoms with Crippen molar-refractivity contribution in [3.05, 3.63) is 29.6 Å². The van der Waals surface area contributed by atoms with E-state index in [1.54, 1.807) is 30.3 Å². The maximum absolute atomic E-state index is 12.2. The smallest absolute Gasteiger partial charge is 0.272 e. The molecule has 0 fully saturated rings. The van der Waals surface area contributed by atoms with E-state index in [2.05, 4.69) is 37.6 Å². The van der Waals surface area contributed by atoms with Gasteiger partial charge in [0.15, 0.2) is 0 Å². The predicted octanol–water partition coefficient (Wildman–Crippen LogP) is 1.93. The molecule has 0 aliphatic rings. The summed E-state index contributed by atoms with van der Waals surface area (Å²) in [7, 11) is 1.78. The van der Waals surface area contributed by atoms with Crippen LogP contribution in [0.15, 0.2) is 18.3 Å². The zero-order valence-corrected chi connectivity index (χ0v) is 12.6. The molecule has 1 heterocycles. The first-order chi connectivity index (χ1) is 9.33. The van der Waals surface area contributed by atoms with Gasteiger partial charge in [-0.05, 0) is 17.5 Å². The van der Waals surface area contributed by atoms with Crippen LogP contribution in [0.4, 0.5) is 0 Å². The first-order valence-corrected chi connectivity index (χ1v) is 6.65. The maximum Gasteiger partial charge on any atom is 0.272 e. The van der Waals surface area contributed by atoms with Crippen LogP contribution in [0.25, 0.3) is 0 Å². The molecule has 0 saturated carbocycles. The molecule has 108 valence electrons. The third-order valence-electron chi connectivity index (χ3n) is 2.51. The van der Waals surface area contributed by atoms with Crippen LogP contribution in [0.2, 0.25) is 0 Å². The minimum atomic E-state index is -0.0882. The number of carbonyl (C=O) groups is 1. The summed E-state index contributed by atoms with van der Waals surface area (Å²) < 4.78 is 0. The first kappa shape index (κ1) is 16.2. The summed E-state index contributed by atoms with van der Waals surface area (Å²) in [4.78, 5) is 18.0. The fourth-order valence-corrected chi connectivity index (χ4v) is 1.79. The molecule has 4 heteroatoms. The van der Waals surface area contributed by atoms with Crippen LogP contribution in [0.1, 0.15) is 43.2 Å². The molecule has 0 atom stereocenters. The van der Waals surface area contributed by atoms with Gasteiger partial charge in [-0.15, -0.1) is 0 Å². The monoisotopic (exact) mass is 274 g/mol. The molecule has 20 heavy (non-hydrogen) atoms. The van der Waals surface area contributed by atoms with Crippen LogP contribution >= 0.6 is 0 Å². The van der Waals surface area contributed by atoms with Gasteiger partial charge >= 0.3 is 0 Å². The van der Waals surface area contributed by atoms with E-state index in [1.165, 1.54) is 0 Å². The molecule has 0 unspecified atom stereocenters. The van der Waals surface area contributed by atoms with Crippen LogP contribution in [-0.4, -0.2) is 41.1 Å². The average molecular weight is 274 g/mol. The highest BCUT2D eigenvalue weighted by Crippen LogP contribution is 2.15. The standard InChI is InChI=1S/C16H22N2O2/c1-16(2,3)12-18(4)15(20)14-9-8-13(11-17-14)7-5-6-10-19/h8-9,11,19H,6,10,12H2,1-4H3. The summed E-state index contributed by atoms with van der Waals surface area (Å²) in [5, 5.41) is 8.65. The summed E-state index contributed by atoms with van der Waals surface area (Å²) in [5.74, 6) is 5.61. The molecule has 0 aliphatic carbocycles. The van der Waals surface area contributed by atoms with Gasteiger partial charge < -0.3 is 10.0 Å². The van der Waals surface area contributed by atoms with Gasteiger partial charge in [-0.2, -0.15) is 0 Å². The van der Waals surface area contributed by atoms with Crippen molar-refractivity contribution in [2.45, 2.75) is 27.2 Å². The number of hydrogen-bond donors (Lipinski definition) is 1. The minimum Gasteiger partial charge on any atom is -0.395 e. The molecule has 0 aromatic carbocycles. The number of hydrogen-bond acceptors (Lipinski definition) is 3. The van der Waals surface area contributed by atoms with Gasteiger partial charge in [0.2, 0.25) is 0 Å². The second kappa shape index (κ2) is 7.06. The summed E-state index contributed by atoms with van der Waals surface area (Å²) >= 11 is 0. The van der Waals surface area contributed by atoms with E-state index in [-0.39, 0.29) is 17.9 Å². The van der Waals surface area contributed by atoms with E-state index in [9.17, 15) is 4.79 Å². The van der Waals surface area contributed by atoms with Gasteiger partial charge in [0.1, 0.15) is 5.69 Å². The zero-order valence-electron chi connectivity index (χ0n) is 12.6. The lowest BCUT2D eigenvalue weighted by atomic mass is 9.96. The lowest BCUT2D eigenvalue weighted by molar-refractivity contribution is 0.0740. The minimum absolute atomic E-state index is 0.0502. The van der Waals surface area contributed by atoms with E-state index >= 15 is 0 Å². The van der Waals surface area contributed by atoms with Gasteiger partial charge in [-0.1, -0.05) is 32.6 Å². The highest BCUT2D eigenvalue weighted by atomic mass is 16.2. The van der Waals surface area contributed by atoms with Gasteiger partial charge in [0, 0.05) is 31.8 Å². The zero-order chi connectivity index (χ0) is 15.2. The second-order valence-electron chi connectivity index (χ2n) is 5.93. The third-order valence-corrected chi connectivity index (χ3v) is 2.51. The Morgan fingerprint density at radius 1 is 1.40 bits per heavy atom. The van der Waals surface area contributed by atoms with Crippen LogP contribution in [-0.2, 0) is 0 Å². The van der Waals surface area contributed by atoms with E-state index in [0.717, 1.165) is 5.56 Å². The number of aromatic nitrogens is 1. The number of rotatable bonds is 3. The lowest BCUT2D eigenvalue weighted by Crippen LogP contribution is -2.34. The second-order valence-corrected chi connectivity index (χ2v) is 5.93. The van der Waals surface area contributed by atoms with Crippen LogP contribution in [0, 0.1) is 17.3 Å². The van der Waals surface area contributed by atoms with Crippen molar-refractivity contribution in [2.75, 3.05) is 20.2 Å². The number of aliphatic hydroxyl groups excluding tert-OH is 1. The van der Waals surface area contributed by atoms with Crippen LogP contribution in [0.5, 0.6) is 0 Å². The van der Waals surface area contributed by atoms with Gasteiger partial charge in [-0.25, -0.2) is 4.98 Å². The number of carbonyl (C=O) groups excluding carboxylic acids is 1. The Balaban J connectivity index is 2.74. The van der Waals surface area contributed by atoms with E-state index in [1.807, 2.05) is 0 Å². The Kier molecular flexibility index (Phi) is 5.72. The van der Waals surface area contributed by atoms with Crippen molar-refractivity contribution in [2.24, 2.45) is 5.41 Å². The van der Waals surface area contributed by atoms with Crippen LogP contribution in [0.3, 0.4) is 0 Å². The molecule has 0 aliphatic heterocycles. The van der Waals surface area contributed by atoms with Crippen molar-refractivity contribution < 1.29 is 9.90 Å². The molecule has 1 rings (SSSR count). The molecule has 1 N–H and O–H groups in total. The Labute approximate surface area is 120 Å². The molecular formula is C16H22N2O2. The number of amides is 1. The van der Waals surface area contributed by atoms with Crippen molar-refractivity contribution >= 4 is 5.91 Å². The van der Waals surface area contributed by atoms with Gasteiger partial charge in [0.25, 0.3) is 5.91 Å². The largest absolute Gasteiger partial charge is 0.395 e. The highest BCUT2D eigenvalue weighted by Gasteiger charge is 2.19. The fourth-order valence-electron chi connectivity index (χ4n) is 1.79. The van der Waals surface area contributed by atoms with E-state index < -0.39 is 0 Å². The molecule has 0 radical (unpaired) electrons. The normalized spacial score (nSPS) is 10.7. The van der Waals surface area contributed by atoms with Crippen LogP contribution < -0.4 is 0 Å². The number of nitrogens with zero attached hydrogens (tertiary/aromatic N) is 2. The maximum atomic E-state index is 12.2. The topological polar surface area (TPSA) is 53.4 Å². The van der Waals surface area contributed by atoms with E-state index in [4.69, 9.17) is 5.11 Å². The van der Waals surface area contributed by atoms with E-state index in [0.29, 0.717) is 18.7 Å². The quantitative estimate of drug-likeness (QED) is 0.857. The number of aliphatic hydroxyl groups is 1. The molecule has 0 spiro atoms. The summed E-state index contributed by atoms with van der Waals surface area (Å²) in [6.45, 7) is 6.98. The molecule has 4 nitrogen and oxygen atoms in total. The summed E-state index contributed by atoms with van der Waals surface area (Å²) in [6, 6.07) is 3.46. The SMILES string of the molecule is CN(CC(C)(C)C)C(=O)c1ccc(C#CCCO)cn1. The van der Waals surface area contributed by atoms with Gasteiger partial charge in [-0.3, -0.25) is 4.79 Å². The Bertz CT molecular complexity index is 504. The van der Waals surface area contributed by atoms with Gasteiger partial charge in [0.05, 0.1) is 6.61 Å². The molecule has 1 aromatic rings. The number of pyridine rings is 1. The Morgan fingerprint density at radius 2 is 2.10 bits per heavy atom. The molecule has 1 amide bonds. The summed E-state index contributed by atoms with van der Waals surface area (Å²) in [5.41, 5.74) is 1.22. The predicted molar refractivity (Wildman–Crippen MR) is 79.2 cm³/mol. The third kappa shape index (κ3) is 5.41. The lowest BCUT2D eigenvalue weighted by Gasteiger charge is -2.26. The average Bonchev–Trinajstić information content (AvgIpc) is 2.37. The molecule has 1 aromatic heterocycles. The highest BCUT2D eigenvalue weighted by molar-refractivity contribution is 5.92. The first-order valence-electron chi connectivity index (χ1n) is 6.65. The summed E-state index contributed by atoms with van der Waals surface area (Å²) in [6.07, 6.45) is 2.03. The Morgan fingerprint density at radius 3 is 2.60 bits per heavy atom. The molecule has 0 saturated heterocycles. The van der Waals surface area contributed by atoms with Crippen molar-refractivity contribution in [1.82, 2.24) is 9.88 Å². The van der Waals surface area contributed by atoms with Crippen molar-refractivity contribution in [3.8, 4) is 11.8 Å². The van der Waals surface area contributed by atoms with Crippen molar-refractivity contribution in [1.29, 1.82) is 0 Å².